The van der Waals surface area contributed by atoms with Crippen LogP contribution in [-0.2, 0) is 11.8 Å². The molecular weight excluding hydrogens is 382 g/mol. The van der Waals surface area contributed by atoms with Gasteiger partial charge in [-0.05, 0) is 37.3 Å². The first-order valence-electron chi connectivity index (χ1n) is 8.85. The third-order valence-electron chi connectivity index (χ3n) is 4.40. The number of nitrogens with one attached hydrogen (secondary N) is 2. The lowest BCUT2D eigenvalue weighted by Gasteiger charge is -2.07. The number of nitriles is 2. The van der Waals surface area contributed by atoms with Crippen molar-refractivity contribution in [2.75, 3.05) is 10.7 Å². The highest BCUT2D eigenvalue weighted by atomic mass is 16.2. The van der Waals surface area contributed by atoms with E-state index in [1.807, 2.05) is 12.1 Å². The van der Waals surface area contributed by atoms with Gasteiger partial charge in [0.05, 0.1) is 28.7 Å². The molecule has 1 heterocycles. The van der Waals surface area contributed by atoms with E-state index in [2.05, 4.69) is 15.8 Å². The Kier molecular flexibility index (Phi) is 5.76. The van der Waals surface area contributed by atoms with Gasteiger partial charge in [0.1, 0.15) is 11.8 Å². The van der Waals surface area contributed by atoms with E-state index in [0.717, 1.165) is 0 Å². The van der Waals surface area contributed by atoms with Crippen molar-refractivity contribution in [3.05, 3.63) is 76.2 Å². The van der Waals surface area contributed by atoms with Crippen LogP contribution in [0, 0.1) is 29.6 Å². The standard InChI is InChI=1S/C21H17N7O2/c1-14-19(21(30)28(27(14)2)17-9-4-3-5-10-17)24-20(29)18(13-23)26-25-16-8-6-7-15(11-16)12-22/h3-11,25H,1-2H3,(H,24,29). The number of anilines is 2. The van der Waals surface area contributed by atoms with Crippen LogP contribution in [0.3, 0.4) is 0 Å². The van der Waals surface area contributed by atoms with Gasteiger partial charge in [-0.1, -0.05) is 24.3 Å². The number of hydrogen-bond donors (Lipinski definition) is 2. The molecule has 0 aliphatic carbocycles. The fraction of sp³-hybridized carbons (Fsp3) is 0.0952. The molecule has 0 bridgehead atoms. The summed E-state index contributed by atoms with van der Waals surface area (Å²) in [6, 6.07) is 19.1. The van der Waals surface area contributed by atoms with E-state index in [0.29, 0.717) is 22.6 Å². The number of aromatic nitrogens is 2. The minimum absolute atomic E-state index is 0.0563. The highest BCUT2D eigenvalue weighted by molar-refractivity contribution is 6.48. The number of amides is 1. The second kappa shape index (κ2) is 8.59. The molecule has 1 aromatic heterocycles. The Hall–Kier alpha value is -4.63. The molecule has 0 radical (unpaired) electrons. The summed E-state index contributed by atoms with van der Waals surface area (Å²) in [6.07, 6.45) is 0. The summed E-state index contributed by atoms with van der Waals surface area (Å²) in [4.78, 5) is 25.4. The first-order chi connectivity index (χ1) is 14.5. The van der Waals surface area contributed by atoms with Crippen molar-refractivity contribution in [2.45, 2.75) is 6.92 Å². The molecule has 1 amide bonds. The highest BCUT2D eigenvalue weighted by Crippen LogP contribution is 2.14. The van der Waals surface area contributed by atoms with Crippen molar-refractivity contribution in [1.82, 2.24) is 9.36 Å². The zero-order valence-corrected chi connectivity index (χ0v) is 16.2. The van der Waals surface area contributed by atoms with Gasteiger partial charge in [-0.3, -0.25) is 19.7 Å². The molecule has 0 saturated heterocycles. The third-order valence-corrected chi connectivity index (χ3v) is 4.40. The summed E-state index contributed by atoms with van der Waals surface area (Å²) < 4.78 is 3.03. The first-order valence-corrected chi connectivity index (χ1v) is 8.85. The Morgan fingerprint density at radius 1 is 1.10 bits per heavy atom. The summed E-state index contributed by atoms with van der Waals surface area (Å²) in [5, 5.41) is 24.5. The van der Waals surface area contributed by atoms with Gasteiger partial charge in [-0.25, -0.2) is 4.68 Å². The van der Waals surface area contributed by atoms with Crippen molar-refractivity contribution < 1.29 is 4.79 Å². The quantitative estimate of drug-likeness (QED) is 0.502. The van der Waals surface area contributed by atoms with Gasteiger partial charge in [0, 0.05) is 7.05 Å². The van der Waals surface area contributed by atoms with Crippen molar-refractivity contribution >= 4 is 23.0 Å². The summed E-state index contributed by atoms with van der Waals surface area (Å²) in [7, 11) is 1.70. The van der Waals surface area contributed by atoms with Crippen LogP contribution in [0.1, 0.15) is 11.3 Å². The second-order valence-electron chi connectivity index (χ2n) is 6.27. The minimum atomic E-state index is -0.826. The monoisotopic (exact) mass is 399 g/mol. The molecule has 0 spiro atoms. The number of hydrazone groups is 1. The maximum absolute atomic E-state index is 12.9. The smallest absolute Gasteiger partial charge is 0.295 e. The summed E-state index contributed by atoms with van der Waals surface area (Å²) >= 11 is 0. The Bertz CT molecular complexity index is 1270. The number of nitrogens with zero attached hydrogens (tertiary/aromatic N) is 5. The maximum atomic E-state index is 12.9. The zero-order chi connectivity index (χ0) is 21.7. The molecule has 0 unspecified atom stereocenters. The molecule has 0 aliphatic heterocycles. The van der Waals surface area contributed by atoms with E-state index in [-0.39, 0.29) is 5.69 Å². The first kappa shape index (κ1) is 20.1. The van der Waals surface area contributed by atoms with Crippen molar-refractivity contribution in [3.63, 3.8) is 0 Å². The molecule has 2 N–H and O–H groups in total. The molecule has 2 aromatic carbocycles. The van der Waals surface area contributed by atoms with Crippen molar-refractivity contribution in [2.24, 2.45) is 12.1 Å². The average Bonchev–Trinajstić information content (AvgIpc) is 2.98. The molecule has 0 saturated carbocycles. The van der Waals surface area contributed by atoms with Crippen LogP contribution < -0.4 is 16.3 Å². The molecular formula is C21H17N7O2. The average molecular weight is 399 g/mol. The van der Waals surface area contributed by atoms with Gasteiger partial charge < -0.3 is 5.32 Å². The summed E-state index contributed by atoms with van der Waals surface area (Å²) in [5.74, 6) is -0.826. The van der Waals surface area contributed by atoms with Crippen LogP contribution in [0.2, 0.25) is 0 Å². The number of carbonyl (C=O) groups excluding carboxylic acids is 1. The largest absolute Gasteiger partial charge is 0.314 e. The lowest BCUT2D eigenvalue weighted by molar-refractivity contribution is -0.110. The third kappa shape index (κ3) is 3.96. The minimum Gasteiger partial charge on any atom is -0.314 e. The van der Waals surface area contributed by atoms with E-state index in [9.17, 15) is 14.9 Å². The fourth-order valence-electron chi connectivity index (χ4n) is 2.79. The van der Waals surface area contributed by atoms with E-state index < -0.39 is 17.2 Å². The van der Waals surface area contributed by atoms with Gasteiger partial charge >= 0.3 is 0 Å². The predicted molar refractivity (Wildman–Crippen MR) is 112 cm³/mol. The van der Waals surface area contributed by atoms with Crippen LogP contribution >= 0.6 is 0 Å². The van der Waals surface area contributed by atoms with Gasteiger partial charge in [-0.2, -0.15) is 15.6 Å². The lowest BCUT2D eigenvalue weighted by atomic mass is 10.2. The summed E-state index contributed by atoms with van der Waals surface area (Å²) in [5.41, 5.74) is 3.74. The number of para-hydroxylation sites is 1. The number of benzene rings is 2. The molecule has 0 fully saturated rings. The van der Waals surface area contributed by atoms with Gasteiger partial charge in [-0.15, -0.1) is 0 Å². The highest BCUT2D eigenvalue weighted by Gasteiger charge is 2.20. The summed E-state index contributed by atoms with van der Waals surface area (Å²) in [6.45, 7) is 1.69. The number of carbonyl (C=O) groups is 1. The normalized spacial score (nSPS) is 10.7. The van der Waals surface area contributed by atoms with E-state index in [1.54, 1.807) is 67.2 Å². The Labute approximate surface area is 172 Å². The Morgan fingerprint density at radius 3 is 2.50 bits per heavy atom. The van der Waals surface area contributed by atoms with Gasteiger partial charge in [0.15, 0.2) is 0 Å². The van der Waals surface area contributed by atoms with E-state index in [4.69, 9.17) is 5.26 Å². The molecule has 0 atom stereocenters. The maximum Gasteiger partial charge on any atom is 0.295 e. The Morgan fingerprint density at radius 2 is 1.83 bits per heavy atom. The molecule has 9 heteroatoms. The van der Waals surface area contributed by atoms with Crippen LogP contribution in [0.5, 0.6) is 0 Å². The topological polar surface area (TPSA) is 128 Å². The molecule has 9 nitrogen and oxygen atoms in total. The molecule has 0 aliphatic rings. The SMILES string of the molecule is Cc1c(NC(=O)C(C#N)=NNc2cccc(C#N)c2)c(=O)n(-c2ccccc2)n1C. The second-order valence-corrected chi connectivity index (χ2v) is 6.27. The van der Waals surface area contributed by atoms with Crippen molar-refractivity contribution in [3.8, 4) is 17.8 Å². The molecule has 148 valence electrons. The van der Waals surface area contributed by atoms with Crippen LogP contribution in [0.25, 0.3) is 5.69 Å². The predicted octanol–water partition coefficient (Wildman–Crippen LogP) is 2.29. The molecule has 30 heavy (non-hydrogen) atoms. The van der Waals surface area contributed by atoms with Gasteiger partial charge in [0.25, 0.3) is 11.5 Å². The number of rotatable bonds is 5. The van der Waals surface area contributed by atoms with E-state index >= 15 is 0 Å². The van der Waals surface area contributed by atoms with Crippen LogP contribution in [0.4, 0.5) is 11.4 Å². The van der Waals surface area contributed by atoms with Crippen molar-refractivity contribution in [1.29, 1.82) is 10.5 Å². The van der Waals surface area contributed by atoms with Crippen LogP contribution in [0.15, 0.2) is 64.5 Å². The fourth-order valence-corrected chi connectivity index (χ4v) is 2.79. The lowest BCUT2D eigenvalue weighted by Crippen LogP contribution is -2.27. The molecule has 3 aromatic rings. The molecule has 3 rings (SSSR count). The zero-order valence-electron chi connectivity index (χ0n) is 16.2. The van der Waals surface area contributed by atoms with Crippen LogP contribution in [-0.4, -0.2) is 21.0 Å². The Balaban J connectivity index is 1.87. The van der Waals surface area contributed by atoms with Gasteiger partial charge in [0.2, 0.25) is 5.71 Å². The van der Waals surface area contributed by atoms with E-state index in [1.165, 1.54) is 10.7 Å². The number of hydrogen-bond acceptors (Lipinski definition) is 6.